The molecular weight excluding hydrogens is 418 g/mol. The van der Waals surface area contributed by atoms with Gasteiger partial charge in [-0.3, -0.25) is 4.21 Å². The van der Waals surface area contributed by atoms with Gasteiger partial charge in [-0.15, -0.1) is 0 Å². The average Bonchev–Trinajstić information content (AvgIpc) is 2.76. The van der Waals surface area contributed by atoms with Crippen LogP contribution in [0.15, 0.2) is 47.4 Å². The molecule has 31 heavy (non-hydrogen) atoms. The Morgan fingerprint density at radius 1 is 1.16 bits per heavy atom. The summed E-state index contributed by atoms with van der Waals surface area (Å²) in [6, 6.07) is 11.9. The third-order valence-corrected chi connectivity index (χ3v) is 5.59. The van der Waals surface area contributed by atoms with Crippen LogP contribution in [-0.2, 0) is 26.9 Å². The molecule has 0 bridgehead atoms. The highest BCUT2D eigenvalue weighted by Crippen LogP contribution is 2.24. The van der Waals surface area contributed by atoms with E-state index in [0.717, 1.165) is 24.9 Å². The van der Waals surface area contributed by atoms with E-state index in [-0.39, 0.29) is 11.7 Å². The Labute approximate surface area is 185 Å². The fourth-order valence-electron chi connectivity index (χ4n) is 2.92. The average molecular weight is 450 g/mol. The van der Waals surface area contributed by atoms with Gasteiger partial charge < -0.3 is 25.0 Å². The number of aliphatic hydroxyl groups excluding tert-OH is 1. The lowest BCUT2D eigenvalue weighted by Crippen LogP contribution is -2.22. The van der Waals surface area contributed by atoms with E-state index in [4.69, 9.17) is 9.47 Å². The minimum Gasteiger partial charge on any atom is -0.507 e. The highest BCUT2D eigenvalue weighted by atomic mass is 32.2. The summed E-state index contributed by atoms with van der Waals surface area (Å²) in [5.41, 5.74) is 2.15. The van der Waals surface area contributed by atoms with Crippen LogP contribution in [0.4, 0.5) is 0 Å². The van der Waals surface area contributed by atoms with Crippen LogP contribution in [0.2, 0.25) is 0 Å². The van der Waals surface area contributed by atoms with Gasteiger partial charge in [0.2, 0.25) is 0 Å². The molecule has 8 heteroatoms. The molecule has 2 atom stereocenters. The van der Waals surface area contributed by atoms with Crippen LogP contribution in [0.3, 0.4) is 0 Å². The summed E-state index contributed by atoms with van der Waals surface area (Å²) in [5, 5.41) is 23.2. The van der Waals surface area contributed by atoms with Gasteiger partial charge in [-0.25, -0.2) is 4.79 Å². The predicted molar refractivity (Wildman–Crippen MR) is 120 cm³/mol. The van der Waals surface area contributed by atoms with Crippen molar-refractivity contribution < 1.29 is 28.7 Å². The predicted octanol–water partition coefficient (Wildman–Crippen LogP) is 2.93. The lowest BCUT2D eigenvalue weighted by atomic mass is 10.1. The molecule has 7 nitrogen and oxygen atoms in total. The third-order valence-electron chi connectivity index (χ3n) is 4.64. The number of ether oxygens (including phenoxy) is 2. The molecular formula is C23H31NO6S. The van der Waals surface area contributed by atoms with Crippen molar-refractivity contribution in [3.63, 3.8) is 0 Å². The number of hydrogen-bond donors (Lipinski definition) is 3. The van der Waals surface area contributed by atoms with E-state index in [1.54, 1.807) is 31.2 Å². The van der Waals surface area contributed by atoms with E-state index >= 15 is 0 Å². The van der Waals surface area contributed by atoms with Crippen molar-refractivity contribution in [1.82, 2.24) is 5.32 Å². The van der Waals surface area contributed by atoms with Crippen LogP contribution < -0.4 is 5.32 Å². The number of esters is 1. The van der Waals surface area contributed by atoms with Gasteiger partial charge in [0.1, 0.15) is 5.75 Å². The second kappa shape index (κ2) is 13.2. The van der Waals surface area contributed by atoms with Crippen molar-refractivity contribution in [2.75, 3.05) is 32.6 Å². The number of rotatable bonds is 13. The maximum atomic E-state index is 11.6. The fraction of sp³-hybridized carbons (Fsp3) is 0.435. The maximum Gasteiger partial charge on any atom is 0.338 e. The van der Waals surface area contributed by atoms with Gasteiger partial charge >= 0.3 is 5.97 Å². The van der Waals surface area contributed by atoms with Crippen molar-refractivity contribution in [2.24, 2.45) is 0 Å². The lowest BCUT2D eigenvalue weighted by molar-refractivity contribution is 0.0526. The molecule has 2 unspecified atom stereocenters. The highest BCUT2D eigenvalue weighted by Gasteiger charge is 2.12. The molecule has 0 heterocycles. The fourth-order valence-corrected chi connectivity index (χ4v) is 3.59. The van der Waals surface area contributed by atoms with E-state index < -0.39 is 16.9 Å². The van der Waals surface area contributed by atoms with Crippen molar-refractivity contribution in [2.45, 2.75) is 37.4 Å². The molecule has 0 saturated carbocycles. The zero-order valence-corrected chi connectivity index (χ0v) is 18.8. The molecule has 0 radical (unpaired) electrons. The van der Waals surface area contributed by atoms with Crippen LogP contribution >= 0.6 is 0 Å². The SMILES string of the molecule is CCOC(=O)c1ccc(COCCCCNCC(O)c2ccc(O)c(S(C)=O)c2)cc1. The summed E-state index contributed by atoms with van der Waals surface area (Å²) >= 11 is 0. The summed E-state index contributed by atoms with van der Waals surface area (Å²) in [6.07, 6.45) is 2.53. The molecule has 0 saturated heterocycles. The Morgan fingerprint density at radius 3 is 2.58 bits per heavy atom. The van der Waals surface area contributed by atoms with Gasteiger partial charge in [0.25, 0.3) is 0 Å². The smallest absolute Gasteiger partial charge is 0.338 e. The number of phenolic OH excluding ortho intramolecular Hbond substituents is 1. The quantitative estimate of drug-likeness (QED) is 0.319. The maximum absolute atomic E-state index is 11.6. The number of aliphatic hydroxyl groups is 1. The van der Waals surface area contributed by atoms with E-state index in [2.05, 4.69) is 5.32 Å². The first kappa shape index (κ1) is 25.0. The van der Waals surface area contributed by atoms with E-state index in [1.165, 1.54) is 12.3 Å². The Kier molecular flexibility index (Phi) is 10.7. The minimum absolute atomic E-state index is 0.0281. The molecule has 0 spiro atoms. The number of carbonyl (C=O) groups is 1. The summed E-state index contributed by atoms with van der Waals surface area (Å²) < 4.78 is 22.2. The van der Waals surface area contributed by atoms with Crippen LogP contribution in [0.5, 0.6) is 5.75 Å². The Hall–Kier alpha value is -2.26. The molecule has 2 aromatic carbocycles. The molecule has 0 amide bonds. The van der Waals surface area contributed by atoms with Crippen molar-refractivity contribution in [1.29, 1.82) is 0 Å². The summed E-state index contributed by atoms with van der Waals surface area (Å²) in [4.78, 5) is 11.9. The number of unbranched alkanes of at least 4 members (excludes halogenated alkanes) is 1. The van der Waals surface area contributed by atoms with Crippen LogP contribution in [-0.4, -0.2) is 53.0 Å². The lowest BCUT2D eigenvalue weighted by Gasteiger charge is -2.14. The number of carbonyl (C=O) groups excluding carboxylic acids is 1. The summed E-state index contributed by atoms with van der Waals surface area (Å²) in [7, 11) is -1.31. The van der Waals surface area contributed by atoms with Gasteiger partial charge in [0.05, 0.1) is 40.6 Å². The van der Waals surface area contributed by atoms with Gasteiger partial charge in [0, 0.05) is 19.4 Å². The van der Waals surface area contributed by atoms with Gasteiger partial charge in [-0.1, -0.05) is 18.2 Å². The number of benzene rings is 2. The molecule has 0 aliphatic heterocycles. The number of nitrogens with one attached hydrogen (secondary N) is 1. The number of aromatic hydroxyl groups is 1. The van der Waals surface area contributed by atoms with E-state index in [1.807, 2.05) is 12.1 Å². The molecule has 0 aliphatic rings. The molecule has 2 rings (SSSR count). The second-order valence-corrected chi connectivity index (χ2v) is 8.43. The van der Waals surface area contributed by atoms with Crippen molar-refractivity contribution >= 4 is 16.8 Å². The summed E-state index contributed by atoms with van der Waals surface area (Å²) in [5.74, 6) is -0.349. The zero-order valence-electron chi connectivity index (χ0n) is 18.0. The second-order valence-electron chi connectivity index (χ2n) is 7.08. The van der Waals surface area contributed by atoms with Gasteiger partial charge in [-0.05, 0) is 61.7 Å². The molecule has 170 valence electrons. The molecule has 0 aliphatic carbocycles. The topological polar surface area (TPSA) is 105 Å². The largest absolute Gasteiger partial charge is 0.507 e. The monoisotopic (exact) mass is 449 g/mol. The summed E-state index contributed by atoms with van der Waals surface area (Å²) in [6.45, 7) is 4.34. The number of hydrogen-bond acceptors (Lipinski definition) is 7. The third kappa shape index (κ3) is 8.41. The molecule has 3 N–H and O–H groups in total. The van der Waals surface area contributed by atoms with Gasteiger partial charge in [0.15, 0.2) is 0 Å². The Balaban J connectivity index is 1.59. The first-order chi connectivity index (χ1) is 14.9. The Morgan fingerprint density at radius 2 is 1.90 bits per heavy atom. The zero-order chi connectivity index (χ0) is 22.6. The van der Waals surface area contributed by atoms with Crippen molar-refractivity contribution in [3.05, 3.63) is 59.2 Å². The standard InChI is InChI=1S/C23H31NO6S/c1-3-30-23(27)18-8-6-17(7-9-18)16-29-13-5-4-12-24-15-21(26)19-10-11-20(25)22(14-19)31(2)28/h6-11,14,21,24-26H,3-5,12-13,15-16H2,1-2H3. The van der Waals surface area contributed by atoms with Crippen LogP contribution in [0.25, 0.3) is 0 Å². The first-order valence-corrected chi connectivity index (χ1v) is 11.9. The number of phenols is 1. The van der Waals surface area contributed by atoms with E-state index in [9.17, 15) is 19.2 Å². The normalized spacial score (nSPS) is 13.0. The van der Waals surface area contributed by atoms with Crippen molar-refractivity contribution in [3.8, 4) is 5.75 Å². The van der Waals surface area contributed by atoms with Crippen LogP contribution in [0.1, 0.15) is 47.4 Å². The van der Waals surface area contributed by atoms with Gasteiger partial charge in [-0.2, -0.15) is 0 Å². The van der Waals surface area contributed by atoms with Crippen LogP contribution in [0, 0.1) is 0 Å². The Bertz CT molecular complexity index is 856. The molecule has 0 aromatic heterocycles. The molecule has 2 aromatic rings. The first-order valence-electron chi connectivity index (χ1n) is 10.3. The highest BCUT2D eigenvalue weighted by molar-refractivity contribution is 7.84. The van der Waals surface area contributed by atoms with E-state index in [0.29, 0.717) is 42.4 Å². The minimum atomic E-state index is -1.31. The molecule has 0 fully saturated rings.